The van der Waals surface area contributed by atoms with Crippen molar-refractivity contribution in [1.29, 1.82) is 0 Å². The molecule has 3 rings (SSSR count). The topological polar surface area (TPSA) is 49.4 Å². The number of hydrogen-bond acceptors (Lipinski definition) is 3. The number of carbonyl (C=O) groups is 1. The van der Waals surface area contributed by atoms with E-state index in [0.29, 0.717) is 0 Å². The molecule has 3 nitrogen and oxygen atoms in total. The fourth-order valence-corrected chi connectivity index (χ4v) is 5.84. The first-order chi connectivity index (χ1) is 11.2. The predicted octanol–water partition coefficient (Wildman–Crippen LogP) is -0.741. The molecule has 5 heteroatoms. The first kappa shape index (κ1) is 19.3. The molecule has 0 aliphatic heterocycles. The summed E-state index contributed by atoms with van der Waals surface area (Å²) in [5.41, 5.74) is 0. The average molecular weight is 361 g/mol. The minimum Gasteiger partial charge on any atom is -0.423 e. The van der Waals surface area contributed by atoms with Gasteiger partial charge in [-0.15, -0.1) is 0 Å². The molecule has 0 saturated carbocycles. The molecular weight excluding hydrogens is 346 g/mol. The van der Waals surface area contributed by atoms with Crippen LogP contribution in [0.3, 0.4) is 0 Å². The van der Waals surface area contributed by atoms with E-state index in [-0.39, 0.29) is 51.4 Å². The molecule has 0 aliphatic carbocycles. The van der Waals surface area contributed by atoms with Gasteiger partial charge in [-0.1, -0.05) is 54.6 Å². The quantitative estimate of drug-likeness (QED) is 0.454. The van der Waals surface area contributed by atoms with Gasteiger partial charge in [0.2, 0.25) is 7.49 Å². The third-order valence-corrected chi connectivity index (χ3v) is 7.07. The van der Waals surface area contributed by atoms with Crippen molar-refractivity contribution in [2.45, 2.75) is 0 Å². The van der Waals surface area contributed by atoms with Crippen molar-refractivity contribution < 1.29 is 65.8 Å². The molecule has 0 aliphatic rings. The standard InChI is InChI=1S/C19H15O3P.K/c20-19(21)22-23(16-10-4-1-5-11-16,17-12-6-2-7-13-17)18-14-8-3-9-15-18;/h1-15H;/q;+1. The molecule has 0 fully saturated rings. The molecule has 0 N–H and O–H groups in total. The van der Waals surface area contributed by atoms with E-state index in [1.165, 1.54) is 0 Å². The average Bonchev–Trinajstić information content (AvgIpc) is 2.62. The van der Waals surface area contributed by atoms with E-state index in [9.17, 15) is 9.90 Å². The molecule has 3 aromatic carbocycles. The summed E-state index contributed by atoms with van der Waals surface area (Å²) in [5.74, 6) is 0. The molecule has 24 heavy (non-hydrogen) atoms. The van der Waals surface area contributed by atoms with E-state index >= 15 is 0 Å². The van der Waals surface area contributed by atoms with Crippen molar-refractivity contribution >= 4 is 29.6 Å². The van der Waals surface area contributed by atoms with Crippen LogP contribution >= 0.6 is 7.49 Å². The molecule has 3 aromatic rings. The van der Waals surface area contributed by atoms with Crippen LogP contribution in [0, 0.1) is 0 Å². The molecule has 0 heterocycles. The van der Waals surface area contributed by atoms with Gasteiger partial charge >= 0.3 is 51.4 Å². The summed E-state index contributed by atoms with van der Waals surface area (Å²) in [4.78, 5) is 11.4. The van der Waals surface area contributed by atoms with Crippen LogP contribution in [0.15, 0.2) is 91.0 Å². The molecule has 0 atom stereocenters. The summed E-state index contributed by atoms with van der Waals surface area (Å²) in [7, 11) is -2.77. The van der Waals surface area contributed by atoms with Crippen LogP contribution in [-0.4, -0.2) is 6.16 Å². The maximum absolute atomic E-state index is 11.4. The summed E-state index contributed by atoms with van der Waals surface area (Å²) in [6.45, 7) is 0. The summed E-state index contributed by atoms with van der Waals surface area (Å²) in [6.07, 6.45) is -1.52. The van der Waals surface area contributed by atoms with E-state index in [2.05, 4.69) is 0 Å². The van der Waals surface area contributed by atoms with Crippen LogP contribution in [0.25, 0.3) is 0 Å². The largest absolute Gasteiger partial charge is 1.00 e. The van der Waals surface area contributed by atoms with Crippen LogP contribution in [0.2, 0.25) is 0 Å². The number of benzene rings is 3. The minimum atomic E-state index is -2.77. The zero-order chi connectivity index (χ0) is 16.1. The van der Waals surface area contributed by atoms with Crippen LogP contribution < -0.4 is 72.4 Å². The summed E-state index contributed by atoms with van der Waals surface area (Å²) >= 11 is 0. The predicted molar refractivity (Wildman–Crippen MR) is 91.6 cm³/mol. The Kier molecular flexibility index (Phi) is 7.17. The zero-order valence-electron chi connectivity index (χ0n) is 13.3. The summed E-state index contributed by atoms with van der Waals surface area (Å²) < 4.78 is 5.51. The van der Waals surface area contributed by atoms with Crippen molar-refractivity contribution in [2.75, 3.05) is 0 Å². The molecular formula is C19H15KO3P+. The Hall–Kier alpha value is -1.00. The molecule has 0 amide bonds. The van der Waals surface area contributed by atoms with Crippen LogP contribution in [0.1, 0.15) is 0 Å². The van der Waals surface area contributed by atoms with Crippen LogP contribution in [0.5, 0.6) is 0 Å². The molecule has 0 unspecified atom stereocenters. The molecule has 0 saturated heterocycles. The van der Waals surface area contributed by atoms with Gasteiger partial charge in [-0.2, -0.15) is 0 Å². The molecule has 0 bridgehead atoms. The Morgan fingerprint density at radius 2 is 0.958 bits per heavy atom. The number of rotatable bonds is 4. The van der Waals surface area contributed by atoms with E-state index in [1.807, 2.05) is 91.0 Å². The van der Waals surface area contributed by atoms with Gasteiger partial charge in [0.25, 0.3) is 6.16 Å². The van der Waals surface area contributed by atoms with Crippen LogP contribution in [-0.2, 0) is 4.52 Å². The fraction of sp³-hybridized carbons (Fsp3) is 0. The van der Waals surface area contributed by atoms with E-state index in [0.717, 1.165) is 15.9 Å². The Morgan fingerprint density at radius 3 is 1.21 bits per heavy atom. The van der Waals surface area contributed by atoms with Crippen molar-refractivity contribution in [3.8, 4) is 0 Å². The van der Waals surface area contributed by atoms with Crippen molar-refractivity contribution in [2.24, 2.45) is 0 Å². The molecule has 0 aromatic heterocycles. The molecule has 0 spiro atoms. The molecule has 114 valence electrons. The maximum atomic E-state index is 11.4. The van der Waals surface area contributed by atoms with Crippen LogP contribution in [0.4, 0.5) is 4.79 Å². The monoisotopic (exact) mass is 361 g/mol. The maximum Gasteiger partial charge on any atom is 1.00 e. The van der Waals surface area contributed by atoms with E-state index in [1.54, 1.807) is 0 Å². The number of hydrogen-bond donors (Lipinski definition) is 0. The molecule has 0 radical (unpaired) electrons. The summed E-state index contributed by atoms with van der Waals surface area (Å²) in [5, 5.41) is 13.9. The second kappa shape index (κ2) is 8.91. The summed E-state index contributed by atoms with van der Waals surface area (Å²) in [6, 6.07) is 28.4. The number of carboxylic acid groups (broad SMARTS) is 1. The Labute approximate surface area is 184 Å². The van der Waals surface area contributed by atoms with Gasteiger partial charge in [-0.25, -0.2) is 0 Å². The van der Waals surface area contributed by atoms with E-state index in [4.69, 9.17) is 4.52 Å². The second-order valence-corrected chi connectivity index (χ2v) is 7.91. The van der Waals surface area contributed by atoms with Crippen molar-refractivity contribution in [1.82, 2.24) is 0 Å². The van der Waals surface area contributed by atoms with Crippen molar-refractivity contribution in [3.63, 3.8) is 0 Å². The third kappa shape index (κ3) is 3.97. The number of carbonyl (C=O) groups excluding carboxylic acids is 1. The Morgan fingerprint density at radius 1 is 0.667 bits per heavy atom. The van der Waals surface area contributed by atoms with Gasteiger partial charge in [0.1, 0.15) is 15.9 Å². The first-order valence-corrected chi connectivity index (χ1v) is 8.90. The van der Waals surface area contributed by atoms with Gasteiger partial charge < -0.3 is 14.4 Å². The minimum absolute atomic E-state index is 0. The Balaban J connectivity index is 0.00000208. The smallest absolute Gasteiger partial charge is 0.423 e. The van der Waals surface area contributed by atoms with Gasteiger partial charge in [0.05, 0.1) is 0 Å². The van der Waals surface area contributed by atoms with Gasteiger partial charge in [0.15, 0.2) is 0 Å². The third-order valence-electron chi connectivity index (χ3n) is 3.57. The first-order valence-electron chi connectivity index (χ1n) is 7.20. The van der Waals surface area contributed by atoms with Gasteiger partial charge in [-0.05, 0) is 36.4 Å². The van der Waals surface area contributed by atoms with Gasteiger partial charge in [-0.3, -0.25) is 0 Å². The zero-order valence-corrected chi connectivity index (χ0v) is 17.3. The van der Waals surface area contributed by atoms with Crippen molar-refractivity contribution in [3.05, 3.63) is 91.0 Å². The van der Waals surface area contributed by atoms with E-state index < -0.39 is 13.6 Å². The van der Waals surface area contributed by atoms with Gasteiger partial charge in [0, 0.05) is 0 Å². The SMILES string of the molecule is O=C([O-])O[P+](c1ccccc1)(c1ccccc1)c1ccccc1.[K+]. The second-order valence-electron chi connectivity index (χ2n) is 4.96. The Bertz CT molecular complexity index is 683. The fourth-order valence-electron chi connectivity index (χ4n) is 2.63. The normalized spacial score (nSPS) is 10.5.